The van der Waals surface area contributed by atoms with Gasteiger partial charge in [-0.1, -0.05) is 41.5 Å². The van der Waals surface area contributed by atoms with Crippen molar-refractivity contribution in [3.63, 3.8) is 0 Å². The summed E-state index contributed by atoms with van der Waals surface area (Å²) in [6.45, 7) is 5.62. The summed E-state index contributed by atoms with van der Waals surface area (Å²) in [5, 5.41) is 0. The summed E-state index contributed by atoms with van der Waals surface area (Å²) in [5.74, 6) is 1.11. The number of aryl methyl sites for hydroxylation is 2. The van der Waals surface area contributed by atoms with Gasteiger partial charge >= 0.3 is 0 Å². The van der Waals surface area contributed by atoms with Crippen LogP contribution in [-0.2, 0) is 0 Å². The van der Waals surface area contributed by atoms with Crippen molar-refractivity contribution >= 4 is 5.91 Å². The van der Waals surface area contributed by atoms with Crippen LogP contribution in [0.25, 0.3) is 11.4 Å². The molecule has 0 radical (unpaired) electrons. The fourth-order valence-corrected chi connectivity index (χ4v) is 3.80. The number of rotatable bonds is 3. The van der Waals surface area contributed by atoms with Crippen LogP contribution in [0.5, 0.6) is 0 Å². The molecule has 1 aromatic heterocycles. The number of amides is 1. The lowest BCUT2D eigenvalue weighted by Crippen LogP contribution is -2.39. The Labute approximate surface area is 166 Å². The summed E-state index contributed by atoms with van der Waals surface area (Å²) >= 11 is 0. The van der Waals surface area contributed by atoms with E-state index in [0.717, 1.165) is 47.6 Å². The third-order valence-electron chi connectivity index (χ3n) is 5.38. The smallest absolute Gasteiger partial charge is 0.253 e. The molecule has 4 nitrogen and oxygen atoms in total. The Morgan fingerprint density at radius 2 is 1.86 bits per heavy atom. The topological polar surface area (TPSA) is 46.1 Å². The predicted octanol–water partition coefficient (Wildman–Crippen LogP) is 4.78. The number of hydrogen-bond acceptors (Lipinski definition) is 3. The molecule has 4 heteroatoms. The van der Waals surface area contributed by atoms with Crippen LogP contribution in [0.1, 0.15) is 45.9 Å². The summed E-state index contributed by atoms with van der Waals surface area (Å²) in [7, 11) is 0. The lowest BCUT2D eigenvalue weighted by atomic mass is 9.94. The van der Waals surface area contributed by atoms with Crippen molar-refractivity contribution in [3.05, 3.63) is 83.2 Å². The van der Waals surface area contributed by atoms with Gasteiger partial charge in [-0.25, -0.2) is 9.97 Å². The fraction of sp³-hybridized carbons (Fsp3) is 0.292. The van der Waals surface area contributed by atoms with Gasteiger partial charge < -0.3 is 4.90 Å². The molecule has 0 N–H and O–H groups in total. The molecule has 142 valence electrons. The van der Waals surface area contributed by atoms with Crippen LogP contribution < -0.4 is 0 Å². The third-order valence-corrected chi connectivity index (χ3v) is 5.38. The number of carbonyl (C=O) groups is 1. The molecule has 1 fully saturated rings. The Balaban J connectivity index is 1.54. The first-order valence-electron chi connectivity index (χ1n) is 9.86. The predicted molar refractivity (Wildman–Crippen MR) is 111 cm³/mol. The number of carbonyl (C=O) groups excluding carboxylic acids is 1. The zero-order chi connectivity index (χ0) is 19.5. The quantitative estimate of drug-likeness (QED) is 0.666. The van der Waals surface area contributed by atoms with Gasteiger partial charge in [0.1, 0.15) is 0 Å². The highest BCUT2D eigenvalue weighted by atomic mass is 16.2. The lowest BCUT2D eigenvalue weighted by Gasteiger charge is -2.32. The molecule has 1 atom stereocenters. The molecule has 1 saturated heterocycles. The van der Waals surface area contributed by atoms with E-state index in [1.807, 2.05) is 60.5 Å². The first-order chi connectivity index (χ1) is 13.6. The minimum atomic E-state index is 0.109. The molecule has 2 aromatic carbocycles. The van der Waals surface area contributed by atoms with Crippen LogP contribution in [0, 0.1) is 13.8 Å². The summed E-state index contributed by atoms with van der Waals surface area (Å²) in [6, 6.07) is 18.1. The van der Waals surface area contributed by atoms with Gasteiger partial charge in [0.25, 0.3) is 5.91 Å². The maximum absolute atomic E-state index is 12.9. The zero-order valence-electron chi connectivity index (χ0n) is 16.4. The highest BCUT2D eigenvalue weighted by Gasteiger charge is 2.26. The average Bonchev–Trinajstić information content (AvgIpc) is 2.74. The number of hydrogen-bond donors (Lipinski definition) is 0. The van der Waals surface area contributed by atoms with Gasteiger partial charge in [-0.3, -0.25) is 4.79 Å². The number of piperidine rings is 1. The summed E-state index contributed by atoms with van der Waals surface area (Å²) < 4.78 is 0. The summed E-state index contributed by atoms with van der Waals surface area (Å²) in [5.41, 5.74) is 5.17. The van der Waals surface area contributed by atoms with Crippen LogP contribution in [-0.4, -0.2) is 33.9 Å². The number of aromatic nitrogens is 2. The number of nitrogens with zero attached hydrogens (tertiary/aromatic N) is 3. The van der Waals surface area contributed by atoms with Crippen molar-refractivity contribution in [2.45, 2.75) is 32.6 Å². The molecular weight excluding hydrogens is 346 g/mol. The van der Waals surface area contributed by atoms with Gasteiger partial charge in [0.15, 0.2) is 5.82 Å². The molecule has 0 aliphatic carbocycles. The number of benzene rings is 2. The number of likely N-dealkylation sites (tertiary alicyclic amines) is 1. The first kappa shape index (κ1) is 18.4. The van der Waals surface area contributed by atoms with E-state index >= 15 is 0 Å². The highest BCUT2D eigenvalue weighted by molar-refractivity contribution is 5.94. The maximum Gasteiger partial charge on any atom is 0.253 e. The highest BCUT2D eigenvalue weighted by Crippen LogP contribution is 2.28. The third kappa shape index (κ3) is 3.96. The first-order valence-corrected chi connectivity index (χ1v) is 9.86. The molecule has 1 aliphatic rings. The van der Waals surface area contributed by atoms with Gasteiger partial charge in [-0.2, -0.15) is 0 Å². The lowest BCUT2D eigenvalue weighted by molar-refractivity contribution is 0.0706. The normalized spacial score (nSPS) is 16.8. The molecule has 0 saturated carbocycles. The Hall–Kier alpha value is -3.01. The molecule has 28 heavy (non-hydrogen) atoms. The molecule has 2 heterocycles. The van der Waals surface area contributed by atoms with Crippen molar-refractivity contribution < 1.29 is 4.79 Å². The molecule has 0 bridgehead atoms. The van der Waals surface area contributed by atoms with E-state index in [9.17, 15) is 4.79 Å². The van der Waals surface area contributed by atoms with Crippen LogP contribution in [0.15, 0.2) is 60.8 Å². The maximum atomic E-state index is 12.9. The van der Waals surface area contributed by atoms with Crippen molar-refractivity contribution in [1.29, 1.82) is 0 Å². The molecule has 1 aliphatic heterocycles. The van der Waals surface area contributed by atoms with E-state index in [2.05, 4.69) is 24.0 Å². The second-order valence-corrected chi connectivity index (χ2v) is 7.63. The Morgan fingerprint density at radius 3 is 2.64 bits per heavy atom. The van der Waals surface area contributed by atoms with Crippen LogP contribution in [0.2, 0.25) is 0 Å². The van der Waals surface area contributed by atoms with E-state index in [4.69, 9.17) is 4.98 Å². The minimum Gasteiger partial charge on any atom is -0.338 e. The second kappa shape index (κ2) is 7.93. The fourth-order valence-electron chi connectivity index (χ4n) is 3.80. The van der Waals surface area contributed by atoms with Crippen LogP contribution >= 0.6 is 0 Å². The van der Waals surface area contributed by atoms with Gasteiger partial charge in [-0.15, -0.1) is 0 Å². The summed E-state index contributed by atoms with van der Waals surface area (Å²) in [6.07, 6.45) is 3.87. The SMILES string of the molecule is Cc1ccc(C(=O)N2CCC[C@H](c3ccnc(-c4cccc(C)c4)n3)C2)cc1. The Bertz CT molecular complexity index is 981. The second-order valence-electron chi connectivity index (χ2n) is 7.63. The minimum absolute atomic E-state index is 0.109. The van der Waals surface area contributed by atoms with E-state index in [1.165, 1.54) is 5.56 Å². The van der Waals surface area contributed by atoms with Crippen LogP contribution in [0.3, 0.4) is 0 Å². The average molecular weight is 371 g/mol. The van der Waals surface area contributed by atoms with Crippen molar-refractivity contribution in [1.82, 2.24) is 14.9 Å². The van der Waals surface area contributed by atoms with Crippen molar-refractivity contribution in [2.24, 2.45) is 0 Å². The molecular formula is C24H25N3O. The van der Waals surface area contributed by atoms with Crippen molar-refractivity contribution in [3.8, 4) is 11.4 Å². The standard InChI is InChI=1S/C24H25N3O/c1-17-8-10-19(11-9-17)24(28)27-14-4-7-21(16-27)22-12-13-25-23(26-22)20-6-3-5-18(2)15-20/h3,5-6,8-13,15,21H,4,7,14,16H2,1-2H3/t21-/m0/s1. The van der Waals surface area contributed by atoms with Gasteiger partial charge in [-0.05, 0) is 51.0 Å². The van der Waals surface area contributed by atoms with E-state index in [0.29, 0.717) is 6.54 Å². The summed E-state index contributed by atoms with van der Waals surface area (Å²) in [4.78, 5) is 24.2. The van der Waals surface area contributed by atoms with E-state index in [1.54, 1.807) is 0 Å². The van der Waals surface area contributed by atoms with E-state index in [-0.39, 0.29) is 11.8 Å². The van der Waals surface area contributed by atoms with E-state index < -0.39 is 0 Å². The zero-order valence-corrected chi connectivity index (χ0v) is 16.4. The molecule has 0 spiro atoms. The largest absolute Gasteiger partial charge is 0.338 e. The molecule has 3 aromatic rings. The Morgan fingerprint density at radius 1 is 1.04 bits per heavy atom. The molecule has 0 unspecified atom stereocenters. The molecule has 4 rings (SSSR count). The van der Waals surface area contributed by atoms with Gasteiger partial charge in [0.2, 0.25) is 0 Å². The monoisotopic (exact) mass is 371 g/mol. The van der Waals surface area contributed by atoms with Gasteiger partial charge in [0, 0.05) is 42.0 Å². The van der Waals surface area contributed by atoms with Crippen LogP contribution in [0.4, 0.5) is 0 Å². The Kier molecular flexibility index (Phi) is 5.20. The molecule has 1 amide bonds. The van der Waals surface area contributed by atoms with Gasteiger partial charge in [0.05, 0.1) is 0 Å². The van der Waals surface area contributed by atoms with Crippen molar-refractivity contribution in [2.75, 3.05) is 13.1 Å².